The van der Waals surface area contributed by atoms with E-state index in [9.17, 15) is 0 Å². The summed E-state index contributed by atoms with van der Waals surface area (Å²) in [5, 5.41) is 2.35. The van der Waals surface area contributed by atoms with Crippen molar-refractivity contribution in [3.8, 4) is 17.3 Å². The molecule has 0 fully saturated rings. The zero-order valence-corrected chi connectivity index (χ0v) is 45.4. The number of pyridine rings is 1. The van der Waals surface area contributed by atoms with Gasteiger partial charge in [-0.2, -0.15) is 0 Å². The molecule has 9 rings (SSSR count). The van der Waals surface area contributed by atoms with E-state index in [-0.39, 0.29) is 32.5 Å². The third-order valence-corrected chi connectivity index (χ3v) is 15.1. The molecule has 366 valence electrons. The first-order valence-electron chi connectivity index (χ1n) is 25.6. The molecule has 0 saturated carbocycles. The van der Waals surface area contributed by atoms with Crippen molar-refractivity contribution in [1.82, 2.24) is 9.55 Å². The molecule has 0 amide bonds. The predicted octanol–water partition coefficient (Wildman–Crippen LogP) is 17.7. The second-order valence-corrected chi connectivity index (χ2v) is 25.3. The van der Waals surface area contributed by atoms with Crippen LogP contribution in [0.3, 0.4) is 0 Å². The van der Waals surface area contributed by atoms with E-state index < -0.39 is 0 Å². The molecule has 0 radical (unpaired) electrons. The number of ether oxygens (including phenoxy) is 1. The quantitative estimate of drug-likeness (QED) is 0.144. The number of benzene rings is 6. The summed E-state index contributed by atoms with van der Waals surface area (Å²) >= 11 is 0. The summed E-state index contributed by atoms with van der Waals surface area (Å²) in [5.41, 5.74) is 14.0. The second-order valence-electron chi connectivity index (χ2n) is 25.3. The van der Waals surface area contributed by atoms with E-state index in [1.807, 2.05) is 6.20 Å². The first-order chi connectivity index (χ1) is 33.2. The Balaban J connectivity index is 1.14. The van der Waals surface area contributed by atoms with Gasteiger partial charge in [-0.05, 0) is 116 Å². The topological polar surface area (TPSA) is 33.5 Å². The molecule has 2 aromatic heterocycles. The van der Waals surface area contributed by atoms with E-state index in [4.69, 9.17) is 9.72 Å². The van der Waals surface area contributed by atoms with E-state index in [1.165, 1.54) is 55.7 Å². The predicted molar refractivity (Wildman–Crippen MR) is 302 cm³/mol. The molecule has 5 nitrogen and oxygen atoms in total. The number of hydrogen-bond donors (Lipinski definition) is 0. The first kappa shape index (κ1) is 49.4. The highest BCUT2D eigenvalue weighted by Crippen LogP contribution is 2.45. The number of nitrogens with zero attached hydrogens (tertiary/aromatic N) is 4. The maximum Gasteiger partial charge on any atom is 0.137 e. The number of aromatic nitrogens is 2. The third kappa shape index (κ3) is 9.65. The van der Waals surface area contributed by atoms with Crippen molar-refractivity contribution in [3.05, 3.63) is 203 Å². The number of fused-ring (bicyclic) bond motifs is 3. The largest absolute Gasteiger partial charge is 0.457 e. The molecule has 0 unspecified atom stereocenters. The van der Waals surface area contributed by atoms with Crippen LogP contribution in [0.2, 0.25) is 0 Å². The Morgan fingerprint density at radius 3 is 1.59 bits per heavy atom. The highest BCUT2D eigenvalue weighted by atomic mass is 16.5. The van der Waals surface area contributed by atoms with Crippen LogP contribution in [0.4, 0.5) is 11.4 Å². The van der Waals surface area contributed by atoms with Gasteiger partial charge in [0.25, 0.3) is 0 Å². The summed E-state index contributed by atoms with van der Waals surface area (Å²) in [6, 6.07) is 53.7. The standard InChI is InChI=1S/C66H76N4O/c1-61(2,3)46-31-32-67-60(39-46)70-57-30-27-47(65(13,14)44-23-19-17-20-24-44)38-56(57)55-29-28-53(41-58(55)70)71-54-37-49(63(7,8)9)34-51(40-54)68-42-59(64(10,11)12)69(43-68)52-35-48(62(4,5)6)33-50(36-52)66(15,16)45-25-21-18-22-26-45/h17-42H,43H2,1-16H3. The molecule has 0 bridgehead atoms. The van der Waals surface area contributed by atoms with Crippen molar-refractivity contribution >= 4 is 33.2 Å². The van der Waals surface area contributed by atoms with Crippen molar-refractivity contribution in [2.45, 2.75) is 138 Å². The number of hydrogen-bond acceptors (Lipinski definition) is 4. The van der Waals surface area contributed by atoms with Crippen LogP contribution < -0.4 is 14.5 Å². The monoisotopic (exact) mass is 941 g/mol. The van der Waals surface area contributed by atoms with E-state index in [0.29, 0.717) is 6.67 Å². The summed E-state index contributed by atoms with van der Waals surface area (Å²) in [7, 11) is 0. The van der Waals surface area contributed by atoms with Crippen LogP contribution >= 0.6 is 0 Å². The summed E-state index contributed by atoms with van der Waals surface area (Å²) in [4.78, 5) is 9.98. The fourth-order valence-electron chi connectivity index (χ4n) is 10.2. The lowest BCUT2D eigenvalue weighted by Crippen LogP contribution is -2.31. The smallest absolute Gasteiger partial charge is 0.137 e. The number of anilines is 2. The van der Waals surface area contributed by atoms with Crippen molar-refractivity contribution in [2.24, 2.45) is 5.41 Å². The van der Waals surface area contributed by atoms with Crippen molar-refractivity contribution in [1.29, 1.82) is 0 Å². The lowest BCUT2D eigenvalue weighted by Gasteiger charge is -2.35. The van der Waals surface area contributed by atoms with Crippen molar-refractivity contribution in [3.63, 3.8) is 0 Å². The molecule has 1 aliphatic heterocycles. The fourth-order valence-corrected chi connectivity index (χ4v) is 10.2. The van der Waals surface area contributed by atoms with Crippen LogP contribution in [0, 0.1) is 5.41 Å². The summed E-state index contributed by atoms with van der Waals surface area (Å²) in [6.07, 6.45) is 4.32. The average Bonchev–Trinajstić information content (AvgIpc) is 3.92. The van der Waals surface area contributed by atoms with Gasteiger partial charge in [0.15, 0.2) is 0 Å². The van der Waals surface area contributed by atoms with Crippen LogP contribution in [-0.2, 0) is 27.1 Å². The van der Waals surface area contributed by atoms with Gasteiger partial charge >= 0.3 is 0 Å². The molecule has 6 aromatic carbocycles. The van der Waals surface area contributed by atoms with Gasteiger partial charge in [0.05, 0.1) is 17.7 Å². The lowest BCUT2D eigenvalue weighted by molar-refractivity contribution is 0.479. The molecular weight excluding hydrogens is 865 g/mol. The first-order valence-corrected chi connectivity index (χ1v) is 25.6. The molecular formula is C66H76N4O. The normalized spacial score (nSPS) is 14.2. The fraction of sp³-hybridized carbons (Fsp3) is 0.348. The van der Waals surface area contributed by atoms with Crippen molar-refractivity contribution < 1.29 is 4.74 Å². The average molecular weight is 941 g/mol. The molecule has 8 aromatic rings. The van der Waals surface area contributed by atoms with Gasteiger partial charge in [0.1, 0.15) is 17.3 Å². The van der Waals surface area contributed by atoms with Gasteiger partial charge in [-0.3, -0.25) is 4.57 Å². The second kappa shape index (κ2) is 17.6. The zero-order chi connectivity index (χ0) is 51.1. The van der Waals surface area contributed by atoms with Gasteiger partial charge in [0, 0.05) is 68.6 Å². The summed E-state index contributed by atoms with van der Waals surface area (Å²) in [6.45, 7) is 37.6. The van der Waals surface area contributed by atoms with E-state index in [1.54, 1.807) is 0 Å². The van der Waals surface area contributed by atoms with E-state index in [2.05, 4.69) is 277 Å². The Bertz CT molecular complexity index is 3290. The van der Waals surface area contributed by atoms with Crippen LogP contribution in [0.1, 0.15) is 150 Å². The van der Waals surface area contributed by atoms with Crippen LogP contribution in [-0.4, -0.2) is 16.2 Å². The van der Waals surface area contributed by atoms with Gasteiger partial charge in [-0.25, -0.2) is 4.98 Å². The third-order valence-electron chi connectivity index (χ3n) is 15.1. The SMILES string of the molecule is CC(C)(C)C1=CN(c2cc(Oc3ccc4c5cc(C(C)(C)c6ccccc6)ccc5n(-c5cc(C(C)(C)C)ccn5)c4c3)cc(C(C)(C)C)c2)CN1c1cc(C(C)(C)C)cc(C(C)(C)c2ccccc2)c1. The lowest BCUT2D eigenvalue weighted by atomic mass is 9.75. The molecule has 0 N–H and O–H groups in total. The Labute approximate surface area is 425 Å². The summed E-state index contributed by atoms with van der Waals surface area (Å²) in [5.74, 6) is 2.47. The molecule has 3 heterocycles. The minimum absolute atomic E-state index is 0.0393. The highest BCUT2D eigenvalue weighted by molar-refractivity contribution is 6.10. The van der Waals surface area contributed by atoms with Gasteiger partial charge in [-0.1, -0.05) is 184 Å². The number of rotatable bonds is 9. The summed E-state index contributed by atoms with van der Waals surface area (Å²) < 4.78 is 9.40. The maximum atomic E-state index is 7.08. The Kier molecular flexibility index (Phi) is 12.3. The Morgan fingerprint density at radius 2 is 0.986 bits per heavy atom. The van der Waals surface area contributed by atoms with Crippen molar-refractivity contribution in [2.75, 3.05) is 16.5 Å². The molecule has 0 saturated heterocycles. The highest BCUT2D eigenvalue weighted by Gasteiger charge is 2.35. The van der Waals surface area contributed by atoms with Gasteiger partial charge in [-0.15, -0.1) is 0 Å². The molecule has 0 aliphatic carbocycles. The van der Waals surface area contributed by atoms with Crippen LogP contribution in [0.5, 0.6) is 11.5 Å². The number of allylic oxidation sites excluding steroid dienone is 1. The van der Waals surface area contributed by atoms with Gasteiger partial charge < -0.3 is 14.5 Å². The minimum Gasteiger partial charge on any atom is -0.457 e. The maximum absolute atomic E-state index is 7.08. The van der Waals surface area contributed by atoms with E-state index >= 15 is 0 Å². The van der Waals surface area contributed by atoms with E-state index in [0.717, 1.165) is 39.4 Å². The minimum atomic E-state index is -0.193. The molecule has 0 atom stereocenters. The molecule has 71 heavy (non-hydrogen) atoms. The molecule has 5 heteroatoms. The Hall–Kier alpha value is -6.59. The molecule has 1 aliphatic rings. The van der Waals surface area contributed by atoms with Gasteiger partial charge in [0.2, 0.25) is 0 Å². The zero-order valence-electron chi connectivity index (χ0n) is 45.4. The van der Waals surface area contributed by atoms with Crippen LogP contribution in [0.15, 0.2) is 164 Å². The van der Waals surface area contributed by atoms with Crippen LogP contribution in [0.25, 0.3) is 27.6 Å². The Morgan fingerprint density at radius 1 is 0.408 bits per heavy atom. The molecule has 0 spiro atoms.